The molecule has 0 atom stereocenters. The number of halogens is 2. The van der Waals surface area contributed by atoms with Crippen molar-refractivity contribution in [3.8, 4) is 0 Å². The van der Waals surface area contributed by atoms with Crippen LogP contribution < -0.4 is 5.32 Å². The summed E-state index contributed by atoms with van der Waals surface area (Å²) in [4.78, 5) is 12.2. The van der Waals surface area contributed by atoms with Crippen LogP contribution in [0.5, 0.6) is 0 Å². The Balaban J connectivity index is 1.79. The molecule has 0 saturated heterocycles. The molecule has 6 heteroatoms. The number of hydrogen-bond donors (Lipinski definition) is 1. The average molecular weight is 315 g/mol. The molecule has 3 rings (SSSR count). The fourth-order valence-electron chi connectivity index (χ4n) is 2.01. The van der Waals surface area contributed by atoms with E-state index in [0.717, 1.165) is 5.56 Å². The third kappa shape index (κ3) is 3.38. The lowest BCUT2D eigenvalue weighted by atomic mass is 10.1. The van der Waals surface area contributed by atoms with Crippen LogP contribution >= 0.6 is 11.6 Å². The van der Waals surface area contributed by atoms with Gasteiger partial charge in [-0.3, -0.25) is 0 Å². The van der Waals surface area contributed by atoms with Crippen LogP contribution in [0.4, 0.5) is 16.0 Å². The van der Waals surface area contributed by atoms with E-state index in [0.29, 0.717) is 28.8 Å². The van der Waals surface area contributed by atoms with Crippen molar-refractivity contribution >= 4 is 23.2 Å². The van der Waals surface area contributed by atoms with Gasteiger partial charge in [0.05, 0.1) is 0 Å². The summed E-state index contributed by atoms with van der Waals surface area (Å²) < 4.78 is 13.7. The first-order chi connectivity index (χ1) is 10.7. The van der Waals surface area contributed by atoms with Crippen LogP contribution in [-0.4, -0.2) is 15.0 Å². The lowest BCUT2D eigenvalue weighted by Crippen LogP contribution is -1.99. The molecule has 1 N–H and O–H groups in total. The van der Waals surface area contributed by atoms with Crippen molar-refractivity contribution < 1.29 is 4.39 Å². The number of anilines is 2. The average Bonchev–Trinajstić information content (AvgIpc) is 2.53. The van der Waals surface area contributed by atoms with Gasteiger partial charge in [-0.15, -0.1) is 0 Å². The van der Waals surface area contributed by atoms with Crippen LogP contribution in [0.3, 0.4) is 0 Å². The summed E-state index contributed by atoms with van der Waals surface area (Å²) in [5.41, 5.74) is 1.35. The minimum atomic E-state index is -0.248. The number of pyridine rings is 1. The molecule has 0 aliphatic carbocycles. The third-order valence-electron chi connectivity index (χ3n) is 3.10. The summed E-state index contributed by atoms with van der Waals surface area (Å²) in [6.45, 7) is 0. The van der Waals surface area contributed by atoms with Gasteiger partial charge in [0.1, 0.15) is 28.9 Å². The van der Waals surface area contributed by atoms with E-state index in [4.69, 9.17) is 11.6 Å². The molecule has 22 heavy (non-hydrogen) atoms. The quantitative estimate of drug-likeness (QED) is 0.740. The van der Waals surface area contributed by atoms with Crippen molar-refractivity contribution in [2.24, 2.45) is 0 Å². The molecule has 0 bridgehead atoms. The summed E-state index contributed by atoms with van der Waals surface area (Å²) >= 11 is 6.19. The Kier molecular flexibility index (Phi) is 4.25. The minimum Gasteiger partial charge on any atom is -0.325 e. The number of benzene rings is 1. The second kappa shape index (κ2) is 6.49. The van der Waals surface area contributed by atoms with Gasteiger partial charge >= 0.3 is 0 Å². The number of rotatable bonds is 4. The van der Waals surface area contributed by atoms with Crippen molar-refractivity contribution in [2.45, 2.75) is 6.42 Å². The molecule has 2 heterocycles. The minimum absolute atomic E-state index is 0.248. The molecule has 0 saturated carbocycles. The van der Waals surface area contributed by atoms with E-state index >= 15 is 0 Å². The van der Waals surface area contributed by atoms with Crippen molar-refractivity contribution in [3.63, 3.8) is 0 Å². The first-order valence-electron chi connectivity index (χ1n) is 6.64. The van der Waals surface area contributed by atoms with Crippen LogP contribution in [0.2, 0.25) is 5.15 Å². The highest BCUT2D eigenvalue weighted by molar-refractivity contribution is 6.30. The van der Waals surface area contributed by atoms with Crippen molar-refractivity contribution in [1.82, 2.24) is 15.0 Å². The van der Waals surface area contributed by atoms with E-state index in [-0.39, 0.29) is 5.82 Å². The van der Waals surface area contributed by atoms with Crippen molar-refractivity contribution in [2.75, 3.05) is 5.32 Å². The first-order valence-corrected chi connectivity index (χ1v) is 7.02. The Labute approximate surface area is 132 Å². The van der Waals surface area contributed by atoms with E-state index < -0.39 is 0 Å². The highest BCUT2D eigenvalue weighted by Gasteiger charge is 2.08. The summed E-state index contributed by atoms with van der Waals surface area (Å²) in [5.74, 6) is 0.947. The van der Waals surface area contributed by atoms with Crippen molar-refractivity contribution in [1.29, 1.82) is 0 Å². The molecule has 1 aromatic carbocycles. The topological polar surface area (TPSA) is 50.7 Å². The van der Waals surface area contributed by atoms with E-state index in [2.05, 4.69) is 20.3 Å². The molecule has 4 nitrogen and oxygen atoms in total. The molecular weight excluding hydrogens is 303 g/mol. The van der Waals surface area contributed by atoms with Gasteiger partial charge in [-0.1, -0.05) is 35.9 Å². The zero-order valence-corrected chi connectivity index (χ0v) is 12.3. The zero-order chi connectivity index (χ0) is 15.4. The monoisotopic (exact) mass is 314 g/mol. The Bertz CT molecular complexity index is 780. The Hall–Kier alpha value is -2.53. The lowest BCUT2D eigenvalue weighted by molar-refractivity contribution is 0.614. The number of nitrogens with one attached hydrogen (secondary N) is 1. The molecule has 0 aliphatic heterocycles. The molecule has 0 radical (unpaired) electrons. The molecule has 0 amide bonds. The third-order valence-corrected chi connectivity index (χ3v) is 3.43. The number of hydrogen-bond acceptors (Lipinski definition) is 4. The predicted octanol–water partition coefficient (Wildman–Crippen LogP) is 4.00. The predicted molar refractivity (Wildman–Crippen MR) is 83.8 cm³/mol. The Morgan fingerprint density at radius 1 is 1.00 bits per heavy atom. The molecule has 0 aliphatic rings. The fraction of sp³-hybridized carbons (Fsp3) is 0.0625. The van der Waals surface area contributed by atoms with E-state index in [1.54, 1.807) is 36.5 Å². The molecule has 0 fully saturated rings. The largest absolute Gasteiger partial charge is 0.325 e. The van der Waals surface area contributed by atoms with Crippen LogP contribution in [0.1, 0.15) is 11.1 Å². The van der Waals surface area contributed by atoms with E-state index in [1.807, 2.05) is 6.07 Å². The number of nitrogens with zero attached hydrogens (tertiary/aromatic N) is 3. The Morgan fingerprint density at radius 3 is 2.59 bits per heavy atom. The van der Waals surface area contributed by atoms with Crippen LogP contribution in [0.25, 0.3) is 0 Å². The maximum Gasteiger partial charge on any atom is 0.135 e. The summed E-state index contributed by atoms with van der Waals surface area (Å²) in [7, 11) is 0. The van der Waals surface area contributed by atoms with Crippen LogP contribution in [0.15, 0.2) is 55.0 Å². The molecule has 110 valence electrons. The maximum absolute atomic E-state index is 13.7. The second-order valence-electron chi connectivity index (χ2n) is 4.63. The standard InChI is InChI=1S/C16H12ClFN4/c17-16-12(9-11-3-1-2-4-13(11)18)5-6-15(22-16)21-14-7-8-19-10-20-14/h1-8,10H,9H2,(H,19,20,21,22). The van der Waals surface area contributed by atoms with E-state index in [1.165, 1.54) is 12.4 Å². The smallest absolute Gasteiger partial charge is 0.135 e. The first kappa shape index (κ1) is 14.4. The molecule has 0 unspecified atom stereocenters. The highest BCUT2D eigenvalue weighted by Crippen LogP contribution is 2.22. The van der Waals surface area contributed by atoms with Gasteiger partial charge in [0.25, 0.3) is 0 Å². The van der Waals surface area contributed by atoms with Crippen LogP contribution in [-0.2, 0) is 6.42 Å². The van der Waals surface area contributed by atoms with Crippen molar-refractivity contribution in [3.05, 3.63) is 77.1 Å². The SMILES string of the molecule is Fc1ccccc1Cc1ccc(Nc2ccncn2)nc1Cl. The number of aromatic nitrogens is 3. The van der Waals surface area contributed by atoms with Gasteiger partial charge < -0.3 is 5.32 Å². The van der Waals surface area contributed by atoms with Gasteiger partial charge in [-0.05, 0) is 29.3 Å². The van der Waals surface area contributed by atoms with Gasteiger partial charge in [0.15, 0.2) is 0 Å². The van der Waals surface area contributed by atoms with Gasteiger partial charge in [0, 0.05) is 12.6 Å². The van der Waals surface area contributed by atoms with Crippen LogP contribution in [0, 0.1) is 5.82 Å². The molecular formula is C16H12ClFN4. The Morgan fingerprint density at radius 2 is 1.86 bits per heavy atom. The molecule has 2 aromatic heterocycles. The lowest BCUT2D eigenvalue weighted by Gasteiger charge is -2.08. The zero-order valence-electron chi connectivity index (χ0n) is 11.5. The molecule has 3 aromatic rings. The maximum atomic E-state index is 13.7. The van der Waals surface area contributed by atoms with Gasteiger partial charge in [-0.2, -0.15) is 0 Å². The second-order valence-corrected chi connectivity index (χ2v) is 4.99. The highest BCUT2D eigenvalue weighted by atomic mass is 35.5. The van der Waals surface area contributed by atoms with Gasteiger partial charge in [-0.25, -0.2) is 19.3 Å². The fourth-order valence-corrected chi connectivity index (χ4v) is 2.23. The molecule has 0 spiro atoms. The summed E-state index contributed by atoms with van der Waals surface area (Å²) in [6, 6.07) is 12.0. The summed E-state index contributed by atoms with van der Waals surface area (Å²) in [5, 5.41) is 3.36. The summed E-state index contributed by atoms with van der Waals surface area (Å²) in [6.07, 6.45) is 3.46. The van der Waals surface area contributed by atoms with E-state index in [9.17, 15) is 4.39 Å². The normalized spacial score (nSPS) is 10.5. The van der Waals surface area contributed by atoms with Gasteiger partial charge in [0.2, 0.25) is 0 Å².